The Hall–Kier alpha value is -1.61. The quantitative estimate of drug-likeness (QED) is 0.780. The first-order valence-corrected chi connectivity index (χ1v) is 5.81. The number of nitrogens with zero attached hydrogens (tertiary/aromatic N) is 2. The molecule has 4 heteroatoms. The molecule has 0 saturated carbocycles. The first kappa shape index (κ1) is 11.9. The van der Waals surface area contributed by atoms with Gasteiger partial charge in [-0.25, -0.2) is 9.97 Å². The Morgan fingerprint density at radius 2 is 2.06 bits per heavy atom. The molecular formula is C13H13ClN2O. The zero-order chi connectivity index (χ0) is 12.3. The number of rotatable bonds is 3. The molecule has 2 rings (SSSR count). The van der Waals surface area contributed by atoms with E-state index < -0.39 is 0 Å². The van der Waals surface area contributed by atoms with E-state index in [0.29, 0.717) is 17.6 Å². The van der Waals surface area contributed by atoms with Gasteiger partial charge in [-0.3, -0.25) is 0 Å². The lowest BCUT2D eigenvalue weighted by Gasteiger charge is -2.06. The summed E-state index contributed by atoms with van der Waals surface area (Å²) in [6.07, 6.45) is 0. The van der Waals surface area contributed by atoms with Crippen molar-refractivity contribution in [2.75, 3.05) is 6.61 Å². The topological polar surface area (TPSA) is 35.0 Å². The summed E-state index contributed by atoms with van der Waals surface area (Å²) in [5.74, 6) is 1.43. The van der Waals surface area contributed by atoms with Crippen LogP contribution in [0.2, 0.25) is 5.15 Å². The van der Waals surface area contributed by atoms with Crippen LogP contribution in [0.1, 0.15) is 12.6 Å². The van der Waals surface area contributed by atoms with Gasteiger partial charge in [-0.1, -0.05) is 23.7 Å². The van der Waals surface area contributed by atoms with E-state index in [1.807, 2.05) is 38.1 Å². The highest BCUT2D eigenvalue weighted by atomic mass is 35.5. The molecule has 2 aromatic rings. The maximum Gasteiger partial charge on any atom is 0.161 e. The standard InChI is InChI=1S/C13H13ClN2O/c1-3-17-11-6-4-5-10(8-11)13-15-9(2)7-12(14)16-13/h4-8H,3H2,1-2H3. The van der Waals surface area contributed by atoms with Crippen LogP contribution in [0.3, 0.4) is 0 Å². The van der Waals surface area contributed by atoms with Crippen molar-refractivity contribution in [3.05, 3.63) is 41.2 Å². The van der Waals surface area contributed by atoms with Gasteiger partial charge >= 0.3 is 0 Å². The van der Waals surface area contributed by atoms with Gasteiger partial charge in [-0.15, -0.1) is 0 Å². The Kier molecular flexibility index (Phi) is 3.59. The second-order valence-electron chi connectivity index (χ2n) is 3.62. The summed E-state index contributed by atoms with van der Waals surface area (Å²) in [5.41, 5.74) is 1.75. The molecule has 1 aromatic heterocycles. The van der Waals surface area contributed by atoms with Crippen LogP contribution in [-0.2, 0) is 0 Å². The van der Waals surface area contributed by atoms with Gasteiger partial charge in [0.1, 0.15) is 10.9 Å². The molecule has 1 aromatic carbocycles. The van der Waals surface area contributed by atoms with Crippen molar-refractivity contribution in [3.8, 4) is 17.1 Å². The third-order valence-electron chi connectivity index (χ3n) is 2.23. The lowest BCUT2D eigenvalue weighted by Crippen LogP contribution is -1.94. The molecule has 1 heterocycles. The van der Waals surface area contributed by atoms with Crippen molar-refractivity contribution in [1.29, 1.82) is 0 Å². The predicted octanol–water partition coefficient (Wildman–Crippen LogP) is 3.50. The largest absolute Gasteiger partial charge is 0.494 e. The highest BCUT2D eigenvalue weighted by molar-refractivity contribution is 6.29. The molecule has 3 nitrogen and oxygen atoms in total. The average molecular weight is 249 g/mol. The van der Waals surface area contributed by atoms with E-state index >= 15 is 0 Å². The number of aromatic nitrogens is 2. The molecule has 0 aliphatic rings. The summed E-state index contributed by atoms with van der Waals surface area (Å²) in [7, 11) is 0. The normalized spacial score (nSPS) is 10.3. The maximum atomic E-state index is 5.92. The van der Waals surface area contributed by atoms with E-state index in [4.69, 9.17) is 16.3 Å². The molecule has 0 fully saturated rings. The van der Waals surface area contributed by atoms with E-state index in [1.165, 1.54) is 0 Å². The van der Waals surface area contributed by atoms with E-state index in [-0.39, 0.29) is 0 Å². The van der Waals surface area contributed by atoms with Crippen molar-refractivity contribution >= 4 is 11.6 Å². The highest BCUT2D eigenvalue weighted by Gasteiger charge is 2.05. The molecule has 0 unspecified atom stereocenters. The minimum Gasteiger partial charge on any atom is -0.494 e. The maximum absolute atomic E-state index is 5.92. The Bertz CT molecular complexity index is 508. The van der Waals surface area contributed by atoms with Crippen LogP contribution < -0.4 is 4.74 Å². The lowest BCUT2D eigenvalue weighted by atomic mass is 10.2. The van der Waals surface area contributed by atoms with Crippen LogP contribution in [0, 0.1) is 6.92 Å². The molecule has 0 aliphatic heterocycles. The van der Waals surface area contributed by atoms with Crippen molar-refractivity contribution in [2.45, 2.75) is 13.8 Å². The fraction of sp³-hybridized carbons (Fsp3) is 0.231. The zero-order valence-electron chi connectivity index (χ0n) is 9.77. The van der Waals surface area contributed by atoms with Gasteiger partial charge in [-0.05, 0) is 32.0 Å². The van der Waals surface area contributed by atoms with Crippen LogP contribution in [0.25, 0.3) is 11.4 Å². The number of aryl methyl sites for hydroxylation is 1. The van der Waals surface area contributed by atoms with Gasteiger partial charge < -0.3 is 4.74 Å². The molecule has 0 atom stereocenters. The molecule has 88 valence electrons. The van der Waals surface area contributed by atoms with Gasteiger partial charge in [0.2, 0.25) is 0 Å². The molecule has 0 saturated heterocycles. The summed E-state index contributed by atoms with van der Waals surface area (Å²) in [6, 6.07) is 9.41. The van der Waals surface area contributed by atoms with E-state index in [2.05, 4.69) is 9.97 Å². The number of ether oxygens (including phenoxy) is 1. The van der Waals surface area contributed by atoms with Crippen molar-refractivity contribution in [2.24, 2.45) is 0 Å². The number of benzene rings is 1. The summed E-state index contributed by atoms with van der Waals surface area (Å²) in [4.78, 5) is 8.56. The van der Waals surface area contributed by atoms with Crippen LogP contribution in [0.4, 0.5) is 0 Å². The minimum absolute atomic E-state index is 0.453. The van der Waals surface area contributed by atoms with Crippen molar-refractivity contribution < 1.29 is 4.74 Å². The average Bonchev–Trinajstić information content (AvgIpc) is 2.28. The Morgan fingerprint density at radius 1 is 1.24 bits per heavy atom. The van der Waals surface area contributed by atoms with Gasteiger partial charge in [0.05, 0.1) is 6.61 Å². The molecule has 0 bridgehead atoms. The fourth-order valence-corrected chi connectivity index (χ4v) is 1.79. The number of hydrogen-bond donors (Lipinski definition) is 0. The first-order valence-electron chi connectivity index (χ1n) is 5.43. The Balaban J connectivity index is 2.41. The minimum atomic E-state index is 0.453. The Morgan fingerprint density at radius 3 is 2.76 bits per heavy atom. The number of halogens is 1. The monoisotopic (exact) mass is 248 g/mol. The van der Waals surface area contributed by atoms with Crippen LogP contribution in [-0.4, -0.2) is 16.6 Å². The molecule has 0 spiro atoms. The van der Waals surface area contributed by atoms with Gasteiger partial charge in [0.15, 0.2) is 5.82 Å². The van der Waals surface area contributed by atoms with E-state index in [9.17, 15) is 0 Å². The SMILES string of the molecule is CCOc1cccc(-c2nc(C)cc(Cl)n2)c1. The molecule has 0 amide bonds. The van der Waals surface area contributed by atoms with Crippen LogP contribution in [0.5, 0.6) is 5.75 Å². The summed E-state index contributed by atoms with van der Waals surface area (Å²) in [5, 5.41) is 0.453. The third kappa shape index (κ3) is 2.94. The van der Waals surface area contributed by atoms with Crippen molar-refractivity contribution in [3.63, 3.8) is 0 Å². The van der Waals surface area contributed by atoms with Crippen LogP contribution >= 0.6 is 11.6 Å². The smallest absolute Gasteiger partial charge is 0.161 e. The zero-order valence-corrected chi connectivity index (χ0v) is 10.5. The summed E-state index contributed by atoms with van der Waals surface area (Å²) < 4.78 is 5.44. The Labute approximate surface area is 105 Å². The number of hydrogen-bond acceptors (Lipinski definition) is 3. The molecular weight excluding hydrogens is 236 g/mol. The predicted molar refractivity (Wildman–Crippen MR) is 68.4 cm³/mol. The lowest BCUT2D eigenvalue weighted by molar-refractivity contribution is 0.340. The van der Waals surface area contributed by atoms with E-state index in [1.54, 1.807) is 6.07 Å². The van der Waals surface area contributed by atoms with Gasteiger partial charge in [-0.2, -0.15) is 0 Å². The molecule has 0 N–H and O–H groups in total. The second-order valence-corrected chi connectivity index (χ2v) is 4.00. The van der Waals surface area contributed by atoms with Gasteiger partial charge in [0, 0.05) is 11.3 Å². The van der Waals surface area contributed by atoms with E-state index in [0.717, 1.165) is 17.0 Å². The summed E-state index contributed by atoms with van der Waals surface area (Å²) in [6.45, 7) is 4.48. The molecule has 17 heavy (non-hydrogen) atoms. The highest BCUT2D eigenvalue weighted by Crippen LogP contribution is 2.22. The molecule has 0 radical (unpaired) electrons. The molecule has 0 aliphatic carbocycles. The second kappa shape index (κ2) is 5.15. The van der Waals surface area contributed by atoms with Crippen LogP contribution in [0.15, 0.2) is 30.3 Å². The van der Waals surface area contributed by atoms with Gasteiger partial charge in [0.25, 0.3) is 0 Å². The summed E-state index contributed by atoms with van der Waals surface area (Å²) >= 11 is 5.92. The van der Waals surface area contributed by atoms with Crippen molar-refractivity contribution in [1.82, 2.24) is 9.97 Å². The first-order chi connectivity index (χ1) is 8.19. The fourth-order valence-electron chi connectivity index (χ4n) is 1.55. The third-order valence-corrected chi connectivity index (χ3v) is 2.42.